The van der Waals surface area contributed by atoms with Crippen molar-refractivity contribution >= 4 is 34.1 Å². The molecule has 8 heteroatoms. The average Bonchev–Trinajstić information content (AvgIpc) is 3.20. The van der Waals surface area contributed by atoms with E-state index in [0.717, 1.165) is 17.1 Å². The zero-order valence-electron chi connectivity index (χ0n) is 13.6. The van der Waals surface area contributed by atoms with Crippen LogP contribution in [-0.4, -0.2) is 31.3 Å². The van der Waals surface area contributed by atoms with Gasteiger partial charge in [-0.1, -0.05) is 42.1 Å². The Morgan fingerprint density at radius 2 is 2.12 bits per heavy atom. The predicted octanol–water partition coefficient (Wildman–Crippen LogP) is 3.92. The number of rotatable bonds is 6. The molecule has 4 rings (SSSR count). The summed E-state index contributed by atoms with van der Waals surface area (Å²) in [7, 11) is 0. The first-order valence-corrected chi connectivity index (χ1v) is 9.86. The van der Waals surface area contributed by atoms with Crippen LogP contribution in [0.1, 0.15) is 31.5 Å². The van der Waals surface area contributed by atoms with Crippen molar-refractivity contribution in [3.05, 3.63) is 41.5 Å². The van der Waals surface area contributed by atoms with Crippen molar-refractivity contribution in [2.75, 3.05) is 5.32 Å². The fraction of sp³-hybridized carbons (Fsp3) is 0.294. The number of aromatic nitrogens is 4. The third kappa shape index (κ3) is 3.91. The standard InChI is InChI=1S/C17H17N5OS2/c1-10(25-17-19-14(21-22-17)12-7-8-12)15(23)20-16-18-13(9-24-16)11-5-3-2-4-6-11/h2-6,9-10,12H,7-8H2,1H3,(H,18,20,23)(H,19,21,22). The molecule has 1 aliphatic rings. The Hall–Kier alpha value is -2.19. The minimum absolute atomic E-state index is 0.100. The summed E-state index contributed by atoms with van der Waals surface area (Å²) in [4.78, 5) is 21.3. The van der Waals surface area contributed by atoms with Gasteiger partial charge in [-0.05, 0) is 19.8 Å². The van der Waals surface area contributed by atoms with Crippen molar-refractivity contribution in [2.45, 2.75) is 36.1 Å². The molecule has 0 aliphatic heterocycles. The topological polar surface area (TPSA) is 83.6 Å². The van der Waals surface area contributed by atoms with Crippen molar-refractivity contribution < 1.29 is 4.79 Å². The highest BCUT2D eigenvalue weighted by Gasteiger charge is 2.28. The predicted molar refractivity (Wildman–Crippen MR) is 99.9 cm³/mol. The maximum Gasteiger partial charge on any atom is 0.239 e. The smallest absolute Gasteiger partial charge is 0.239 e. The number of thiazole rings is 1. The van der Waals surface area contributed by atoms with E-state index in [9.17, 15) is 4.79 Å². The Labute approximate surface area is 153 Å². The summed E-state index contributed by atoms with van der Waals surface area (Å²) in [6.07, 6.45) is 2.34. The van der Waals surface area contributed by atoms with Crippen LogP contribution in [0.15, 0.2) is 40.9 Å². The second-order valence-electron chi connectivity index (χ2n) is 5.93. The monoisotopic (exact) mass is 371 g/mol. The third-order valence-corrected chi connectivity index (χ3v) is 5.62. The van der Waals surface area contributed by atoms with E-state index in [0.29, 0.717) is 16.2 Å². The number of H-pyrrole nitrogens is 1. The van der Waals surface area contributed by atoms with Gasteiger partial charge in [-0.2, -0.15) is 0 Å². The molecule has 2 N–H and O–H groups in total. The van der Waals surface area contributed by atoms with Gasteiger partial charge in [0.2, 0.25) is 11.1 Å². The normalized spacial score (nSPS) is 15.1. The summed E-state index contributed by atoms with van der Waals surface area (Å²) < 4.78 is 0. The second kappa shape index (κ2) is 6.97. The Morgan fingerprint density at radius 1 is 1.32 bits per heavy atom. The van der Waals surface area contributed by atoms with E-state index >= 15 is 0 Å². The number of thioether (sulfide) groups is 1. The summed E-state index contributed by atoms with van der Waals surface area (Å²) in [6, 6.07) is 9.91. The SMILES string of the molecule is CC(Sc1n[nH]c(C2CC2)n1)C(=O)Nc1nc(-c2ccccc2)cs1. The molecule has 0 radical (unpaired) electrons. The van der Waals surface area contributed by atoms with Gasteiger partial charge in [0, 0.05) is 16.9 Å². The lowest BCUT2D eigenvalue weighted by Gasteiger charge is -2.07. The van der Waals surface area contributed by atoms with Gasteiger partial charge in [-0.15, -0.1) is 16.4 Å². The zero-order valence-corrected chi connectivity index (χ0v) is 15.2. The molecule has 1 aromatic carbocycles. The van der Waals surface area contributed by atoms with Crippen LogP contribution < -0.4 is 5.32 Å². The van der Waals surface area contributed by atoms with Gasteiger partial charge >= 0.3 is 0 Å². The lowest BCUT2D eigenvalue weighted by molar-refractivity contribution is -0.115. The van der Waals surface area contributed by atoms with Gasteiger partial charge in [0.25, 0.3) is 0 Å². The highest BCUT2D eigenvalue weighted by molar-refractivity contribution is 8.00. The number of hydrogen-bond donors (Lipinski definition) is 2. The van der Waals surface area contributed by atoms with Crippen LogP contribution in [0.4, 0.5) is 5.13 Å². The number of anilines is 1. The number of nitrogens with zero attached hydrogens (tertiary/aromatic N) is 3. The van der Waals surface area contributed by atoms with Crippen molar-refractivity contribution in [1.29, 1.82) is 0 Å². The first kappa shape index (κ1) is 16.3. The van der Waals surface area contributed by atoms with E-state index in [4.69, 9.17) is 0 Å². The molecule has 1 atom stereocenters. The molecule has 1 aliphatic carbocycles. The van der Waals surface area contributed by atoms with Crippen molar-refractivity contribution in [3.8, 4) is 11.3 Å². The average molecular weight is 371 g/mol. The molecule has 3 aromatic rings. The van der Waals surface area contributed by atoms with Crippen LogP contribution >= 0.6 is 23.1 Å². The van der Waals surface area contributed by atoms with E-state index in [1.807, 2.05) is 42.6 Å². The van der Waals surface area contributed by atoms with Crippen LogP contribution in [-0.2, 0) is 4.79 Å². The lowest BCUT2D eigenvalue weighted by atomic mass is 10.2. The molecule has 0 saturated heterocycles. The minimum atomic E-state index is -0.299. The van der Waals surface area contributed by atoms with E-state index in [-0.39, 0.29) is 11.2 Å². The molecule has 128 valence electrons. The van der Waals surface area contributed by atoms with Gasteiger partial charge in [0.05, 0.1) is 10.9 Å². The summed E-state index contributed by atoms with van der Waals surface area (Å²) in [5, 5.41) is 12.9. The number of benzene rings is 1. The van der Waals surface area contributed by atoms with Gasteiger partial charge in [-0.3, -0.25) is 9.89 Å². The molecule has 2 heterocycles. The molecule has 25 heavy (non-hydrogen) atoms. The maximum absolute atomic E-state index is 12.4. The third-order valence-electron chi connectivity index (χ3n) is 3.90. The maximum atomic E-state index is 12.4. The van der Waals surface area contributed by atoms with Crippen LogP contribution in [0.2, 0.25) is 0 Å². The number of carbonyl (C=O) groups is 1. The molecule has 0 bridgehead atoms. The Balaban J connectivity index is 1.36. The fourth-order valence-electron chi connectivity index (χ4n) is 2.34. The molecular formula is C17H17N5OS2. The van der Waals surface area contributed by atoms with Crippen LogP contribution in [0.3, 0.4) is 0 Å². The van der Waals surface area contributed by atoms with Gasteiger partial charge in [0.15, 0.2) is 5.13 Å². The Morgan fingerprint density at radius 3 is 2.88 bits per heavy atom. The zero-order chi connectivity index (χ0) is 17.2. The van der Waals surface area contributed by atoms with Crippen LogP contribution in [0, 0.1) is 0 Å². The fourth-order valence-corrected chi connectivity index (χ4v) is 3.80. The molecule has 0 spiro atoms. The summed E-state index contributed by atoms with van der Waals surface area (Å²) in [5.74, 6) is 1.36. The first-order valence-electron chi connectivity index (χ1n) is 8.10. The van der Waals surface area contributed by atoms with Crippen molar-refractivity contribution in [2.24, 2.45) is 0 Å². The van der Waals surface area contributed by atoms with Gasteiger partial charge < -0.3 is 5.32 Å². The summed E-state index contributed by atoms with van der Waals surface area (Å²) >= 11 is 2.77. The van der Waals surface area contributed by atoms with Gasteiger partial charge in [0.1, 0.15) is 5.82 Å². The van der Waals surface area contributed by atoms with Crippen molar-refractivity contribution in [3.63, 3.8) is 0 Å². The molecule has 6 nitrogen and oxygen atoms in total. The summed E-state index contributed by atoms with van der Waals surface area (Å²) in [6.45, 7) is 1.85. The highest BCUT2D eigenvalue weighted by atomic mass is 32.2. The molecule has 2 aromatic heterocycles. The molecule has 1 amide bonds. The minimum Gasteiger partial charge on any atom is -0.301 e. The van der Waals surface area contributed by atoms with E-state index < -0.39 is 0 Å². The van der Waals surface area contributed by atoms with Gasteiger partial charge in [-0.25, -0.2) is 9.97 Å². The van der Waals surface area contributed by atoms with E-state index in [2.05, 4.69) is 25.5 Å². The number of carbonyl (C=O) groups excluding carboxylic acids is 1. The Bertz CT molecular complexity index is 872. The van der Waals surface area contributed by atoms with E-state index in [1.54, 1.807) is 0 Å². The number of nitrogens with one attached hydrogen (secondary N) is 2. The lowest BCUT2D eigenvalue weighted by Crippen LogP contribution is -2.22. The molecule has 1 unspecified atom stereocenters. The number of hydrogen-bond acceptors (Lipinski definition) is 6. The number of amides is 1. The summed E-state index contributed by atoms with van der Waals surface area (Å²) in [5.41, 5.74) is 1.90. The number of aromatic amines is 1. The van der Waals surface area contributed by atoms with Crippen molar-refractivity contribution in [1.82, 2.24) is 20.2 Å². The van der Waals surface area contributed by atoms with E-state index in [1.165, 1.54) is 35.9 Å². The van der Waals surface area contributed by atoms with Crippen LogP contribution in [0.5, 0.6) is 0 Å². The first-order chi connectivity index (χ1) is 12.2. The molecule has 1 saturated carbocycles. The molecule has 1 fully saturated rings. The highest BCUT2D eigenvalue weighted by Crippen LogP contribution is 2.38. The largest absolute Gasteiger partial charge is 0.301 e. The van der Waals surface area contributed by atoms with Crippen LogP contribution in [0.25, 0.3) is 11.3 Å². The quantitative estimate of drug-likeness (QED) is 0.642. The second-order valence-corrected chi connectivity index (χ2v) is 8.10. The Kier molecular flexibility index (Phi) is 4.54. The molecular weight excluding hydrogens is 354 g/mol.